The van der Waals surface area contributed by atoms with Crippen LogP contribution >= 0.6 is 11.6 Å². The van der Waals surface area contributed by atoms with E-state index in [1.807, 2.05) is 31.2 Å². The number of fused-ring (bicyclic) bond motifs is 1. The van der Waals surface area contributed by atoms with Crippen molar-refractivity contribution < 1.29 is 0 Å². The molecule has 1 aromatic carbocycles. The van der Waals surface area contributed by atoms with E-state index in [1.165, 1.54) is 0 Å². The van der Waals surface area contributed by atoms with Gasteiger partial charge in [-0.2, -0.15) is 5.26 Å². The molecule has 0 N–H and O–H groups in total. The third-order valence-electron chi connectivity index (χ3n) is 2.44. The van der Waals surface area contributed by atoms with Crippen LogP contribution < -0.4 is 0 Å². The van der Waals surface area contributed by atoms with Gasteiger partial charge < -0.3 is 0 Å². The molecule has 1 atom stereocenters. The van der Waals surface area contributed by atoms with E-state index in [2.05, 4.69) is 11.1 Å². The maximum Gasteiger partial charge on any atom is 0.136 e. The molecule has 0 aliphatic heterocycles. The molecule has 15 heavy (non-hydrogen) atoms. The lowest BCUT2D eigenvalue weighted by Crippen LogP contribution is -1.89. The fourth-order valence-electron chi connectivity index (χ4n) is 1.49. The summed E-state index contributed by atoms with van der Waals surface area (Å²) in [5, 5.41) is 11.3. The Morgan fingerprint density at radius 3 is 2.93 bits per heavy atom. The van der Waals surface area contributed by atoms with Gasteiger partial charge in [-0.3, -0.25) is 0 Å². The number of hydrogen-bond donors (Lipinski definition) is 0. The highest BCUT2D eigenvalue weighted by atomic mass is 35.5. The zero-order valence-electron chi connectivity index (χ0n) is 8.24. The van der Waals surface area contributed by atoms with Crippen LogP contribution in [0, 0.1) is 11.3 Å². The smallest absolute Gasteiger partial charge is 0.136 e. The second kappa shape index (κ2) is 3.88. The molecule has 2 aromatic rings. The summed E-state index contributed by atoms with van der Waals surface area (Å²) in [5.41, 5.74) is 0.972. The topological polar surface area (TPSA) is 36.7 Å². The van der Waals surface area contributed by atoms with E-state index in [0.29, 0.717) is 5.15 Å². The Morgan fingerprint density at radius 1 is 1.40 bits per heavy atom. The summed E-state index contributed by atoms with van der Waals surface area (Å²) in [6, 6.07) is 9.95. The highest BCUT2D eigenvalue weighted by molar-refractivity contribution is 6.34. The Balaban J connectivity index is 2.66. The molecule has 2 rings (SSSR count). The Hall–Kier alpha value is -1.59. The van der Waals surface area contributed by atoms with E-state index in [9.17, 15) is 0 Å². The highest BCUT2D eigenvalue weighted by Gasteiger charge is 2.06. The van der Waals surface area contributed by atoms with E-state index in [1.54, 1.807) is 6.20 Å². The zero-order valence-corrected chi connectivity index (χ0v) is 8.99. The monoisotopic (exact) mass is 216 g/mol. The summed E-state index contributed by atoms with van der Waals surface area (Å²) < 4.78 is 0. The van der Waals surface area contributed by atoms with Crippen molar-refractivity contribution >= 4 is 22.4 Å². The minimum atomic E-state index is -0.120. The number of hydrogen-bond acceptors (Lipinski definition) is 2. The van der Waals surface area contributed by atoms with E-state index < -0.39 is 0 Å². The van der Waals surface area contributed by atoms with E-state index in [4.69, 9.17) is 16.9 Å². The summed E-state index contributed by atoms with van der Waals surface area (Å²) in [6.45, 7) is 1.87. The van der Waals surface area contributed by atoms with Gasteiger partial charge >= 0.3 is 0 Å². The molecule has 0 bridgehead atoms. The van der Waals surface area contributed by atoms with Crippen LogP contribution in [0.3, 0.4) is 0 Å². The highest BCUT2D eigenvalue weighted by Crippen LogP contribution is 2.25. The molecule has 0 saturated carbocycles. The van der Waals surface area contributed by atoms with Gasteiger partial charge in [0.05, 0.1) is 12.0 Å². The van der Waals surface area contributed by atoms with Crippen molar-refractivity contribution in [2.75, 3.05) is 0 Å². The minimum absolute atomic E-state index is 0.120. The second-order valence-electron chi connectivity index (χ2n) is 3.43. The van der Waals surface area contributed by atoms with Crippen LogP contribution in [0.4, 0.5) is 0 Å². The molecule has 1 aromatic heterocycles. The Kier molecular flexibility index (Phi) is 2.57. The van der Waals surface area contributed by atoms with E-state index in [0.717, 1.165) is 16.3 Å². The summed E-state index contributed by atoms with van der Waals surface area (Å²) >= 11 is 5.98. The number of nitrogens with zero attached hydrogens (tertiary/aromatic N) is 2. The SMILES string of the molecule is CC(C#N)c1ccc2ccnc(Cl)c2c1. The molecule has 0 radical (unpaired) electrons. The number of rotatable bonds is 1. The fraction of sp³-hybridized carbons (Fsp3) is 0.167. The van der Waals surface area contributed by atoms with Crippen LogP contribution in [0.25, 0.3) is 10.8 Å². The molecule has 0 spiro atoms. The van der Waals surface area contributed by atoms with Crippen molar-refractivity contribution in [3.63, 3.8) is 0 Å². The molecule has 1 heterocycles. The summed E-state index contributed by atoms with van der Waals surface area (Å²) in [6.07, 6.45) is 1.68. The lowest BCUT2D eigenvalue weighted by atomic mass is 10.00. The molecular weight excluding hydrogens is 208 g/mol. The van der Waals surface area contributed by atoms with E-state index in [-0.39, 0.29) is 5.92 Å². The number of nitriles is 1. The van der Waals surface area contributed by atoms with Crippen molar-refractivity contribution in [1.82, 2.24) is 4.98 Å². The van der Waals surface area contributed by atoms with Crippen LogP contribution in [0.2, 0.25) is 5.15 Å². The molecule has 3 heteroatoms. The predicted molar refractivity (Wildman–Crippen MR) is 60.8 cm³/mol. The van der Waals surface area contributed by atoms with Crippen molar-refractivity contribution in [1.29, 1.82) is 5.26 Å². The van der Waals surface area contributed by atoms with E-state index >= 15 is 0 Å². The van der Waals surface area contributed by atoms with Crippen LogP contribution in [0.5, 0.6) is 0 Å². The molecule has 0 aliphatic carbocycles. The van der Waals surface area contributed by atoms with Crippen LogP contribution in [-0.4, -0.2) is 4.98 Å². The van der Waals surface area contributed by atoms with Crippen molar-refractivity contribution in [2.24, 2.45) is 0 Å². The second-order valence-corrected chi connectivity index (χ2v) is 3.79. The first-order valence-corrected chi connectivity index (χ1v) is 5.04. The first kappa shape index (κ1) is 9.95. The Morgan fingerprint density at radius 2 is 2.20 bits per heavy atom. The molecule has 0 fully saturated rings. The van der Waals surface area contributed by atoms with Crippen LogP contribution in [-0.2, 0) is 0 Å². The minimum Gasteiger partial charge on any atom is -0.244 e. The van der Waals surface area contributed by atoms with Gasteiger partial charge in [-0.15, -0.1) is 0 Å². The van der Waals surface area contributed by atoms with Crippen LogP contribution in [0.15, 0.2) is 30.5 Å². The first-order chi connectivity index (χ1) is 7.22. The standard InChI is InChI=1S/C12H9ClN2/c1-8(7-14)10-3-2-9-4-5-15-12(13)11(9)6-10/h2-6,8H,1H3. The number of benzene rings is 1. The molecule has 0 saturated heterocycles. The van der Waals surface area contributed by atoms with Gasteiger partial charge in [0.25, 0.3) is 0 Å². The maximum atomic E-state index is 8.83. The average Bonchev–Trinajstić information content (AvgIpc) is 2.28. The molecule has 74 valence electrons. The quantitative estimate of drug-likeness (QED) is 0.684. The fourth-order valence-corrected chi connectivity index (χ4v) is 1.71. The Bertz CT molecular complexity index is 543. The molecular formula is C12H9ClN2. The Labute approximate surface area is 93.1 Å². The van der Waals surface area contributed by atoms with Gasteiger partial charge in [-0.25, -0.2) is 4.98 Å². The number of halogens is 1. The van der Waals surface area contributed by atoms with Gasteiger partial charge in [0.2, 0.25) is 0 Å². The van der Waals surface area contributed by atoms with Crippen molar-refractivity contribution in [3.05, 3.63) is 41.2 Å². The maximum absolute atomic E-state index is 8.83. The van der Waals surface area contributed by atoms with Gasteiger partial charge in [-0.05, 0) is 30.0 Å². The van der Waals surface area contributed by atoms with Gasteiger partial charge in [0, 0.05) is 11.6 Å². The molecule has 0 aliphatic rings. The summed E-state index contributed by atoms with van der Waals surface area (Å²) in [7, 11) is 0. The van der Waals surface area contributed by atoms with Gasteiger partial charge in [0.1, 0.15) is 5.15 Å². The lowest BCUT2D eigenvalue weighted by Gasteiger charge is -2.05. The largest absolute Gasteiger partial charge is 0.244 e. The zero-order chi connectivity index (χ0) is 10.8. The first-order valence-electron chi connectivity index (χ1n) is 4.66. The van der Waals surface area contributed by atoms with Crippen molar-refractivity contribution in [3.8, 4) is 6.07 Å². The normalized spacial score (nSPS) is 12.3. The number of aromatic nitrogens is 1. The summed E-state index contributed by atoms with van der Waals surface area (Å²) in [4.78, 5) is 4.02. The molecule has 0 amide bonds. The molecule has 1 unspecified atom stereocenters. The van der Waals surface area contributed by atoms with Crippen LogP contribution in [0.1, 0.15) is 18.4 Å². The average molecular weight is 217 g/mol. The van der Waals surface area contributed by atoms with Gasteiger partial charge in [0.15, 0.2) is 0 Å². The predicted octanol–water partition coefficient (Wildman–Crippen LogP) is 3.52. The third-order valence-corrected chi connectivity index (χ3v) is 2.74. The molecule has 2 nitrogen and oxygen atoms in total. The lowest BCUT2D eigenvalue weighted by molar-refractivity contribution is 0.985. The number of pyridine rings is 1. The van der Waals surface area contributed by atoms with Crippen molar-refractivity contribution in [2.45, 2.75) is 12.8 Å². The third kappa shape index (κ3) is 1.79. The summed E-state index contributed by atoms with van der Waals surface area (Å²) in [5.74, 6) is -0.120. The van der Waals surface area contributed by atoms with Gasteiger partial charge in [-0.1, -0.05) is 23.7 Å².